The van der Waals surface area contributed by atoms with Crippen molar-refractivity contribution in [2.45, 2.75) is 32.0 Å². The molecule has 2 atom stereocenters. The highest BCUT2D eigenvalue weighted by Gasteiger charge is 2.48. The van der Waals surface area contributed by atoms with Gasteiger partial charge in [-0.15, -0.1) is 0 Å². The van der Waals surface area contributed by atoms with Crippen molar-refractivity contribution in [2.75, 3.05) is 19.8 Å². The Morgan fingerprint density at radius 2 is 2.12 bits per heavy atom. The monoisotopic (exact) mass is 242 g/mol. The fourth-order valence-electron chi connectivity index (χ4n) is 2.58. The average Bonchev–Trinajstić information content (AvgIpc) is 2.65. The summed E-state index contributed by atoms with van der Waals surface area (Å²) >= 11 is 0. The van der Waals surface area contributed by atoms with Crippen LogP contribution in [-0.4, -0.2) is 37.9 Å². The Kier molecular flexibility index (Phi) is 3.79. The number of rotatable bonds is 3. The van der Waals surface area contributed by atoms with E-state index < -0.39 is 5.79 Å². The van der Waals surface area contributed by atoms with Crippen LogP contribution in [0.25, 0.3) is 0 Å². The van der Waals surface area contributed by atoms with Gasteiger partial charge in [0, 0.05) is 31.6 Å². The van der Waals surface area contributed by atoms with Gasteiger partial charge in [0.05, 0.1) is 19.8 Å². The molecule has 5 heteroatoms. The molecule has 1 aliphatic heterocycles. The van der Waals surface area contributed by atoms with E-state index in [-0.39, 0.29) is 24.4 Å². The van der Waals surface area contributed by atoms with Crippen LogP contribution < -0.4 is 0 Å². The normalized spacial score (nSPS) is 31.4. The van der Waals surface area contributed by atoms with Crippen LogP contribution in [0.2, 0.25) is 0 Å². The molecule has 0 aromatic carbocycles. The summed E-state index contributed by atoms with van der Waals surface area (Å²) in [6, 6.07) is 0. The summed E-state index contributed by atoms with van der Waals surface area (Å²) in [7, 11) is 0. The smallest absolute Gasteiger partial charge is 0.302 e. The Bertz CT molecular complexity index is 295. The number of hydrogen-bond acceptors (Lipinski definition) is 5. The molecule has 0 unspecified atom stereocenters. The molecule has 1 saturated heterocycles. The first kappa shape index (κ1) is 12.5. The van der Waals surface area contributed by atoms with E-state index in [1.807, 2.05) is 0 Å². The molecular weight excluding hydrogens is 224 g/mol. The first-order valence-corrected chi connectivity index (χ1v) is 6.02. The molecule has 2 fully saturated rings. The molecule has 2 rings (SSSR count). The second-order valence-corrected chi connectivity index (χ2v) is 4.73. The van der Waals surface area contributed by atoms with Crippen LogP contribution in [0, 0.1) is 11.8 Å². The predicted octanol–water partition coefficient (Wildman–Crippen LogP) is 0.908. The van der Waals surface area contributed by atoms with Gasteiger partial charge < -0.3 is 19.0 Å². The molecule has 0 radical (unpaired) electrons. The molecule has 0 bridgehead atoms. The van der Waals surface area contributed by atoms with Crippen LogP contribution in [0.4, 0.5) is 0 Å². The van der Waals surface area contributed by atoms with Crippen molar-refractivity contribution in [1.29, 1.82) is 0 Å². The zero-order valence-corrected chi connectivity index (χ0v) is 10.0. The van der Waals surface area contributed by atoms with E-state index in [0.29, 0.717) is 26.1 Å². The number of aldehydes is 1. The molecule has 0 N–H and O–H groups in total. The SMILES string of the molecule is CC(=O)OC[C@@H]1CC2(C[C@@H]1C=O)OCCCO2. The Morgan fingerprint density at radius 1 is 1.41 bits per heavy atom. The van der Waals surface area contributed by atoms with Crippen LogP contribution in [0.15, 0.2) is 0 Å². The van der Waals surface area contributed by atoms with Crippen LogP contribution >= 0.6 is 0 Å². The van der Waals surface area contributed by atoms with E-state index in [1.54, 1.807) is 0 Å². The highest BCUT2D eigenvalue weighted by molar-refractivity contribution is 5.66. The number of carbonyl (C=O) groups is 2. The van der Waals surface area contributed by atoms with Crippen LogP contribution in [-0.2, 0) is 23.8 Å². The average molecular weight is 242 g/mol. The first-order valence-electron chi connectivity index (χ1n) is 6.02. The maximum Gasteiger partial charge on any atom is 0.302 e. The third-order valence-corrected chi connectivity index (χ3v) is 3.42. The number of ether oxygens (including phenoxy) is 3. The number of carbonyl (C=O) groups excluding carboxylic acids is 2. The fraction of sp³-hybridized carbons (Fsp3) is 0.833. The van der Waals surface area contributed by atoms with Crippen LogP contribution in [0.5, 0.6) is 0 Å². The van der Waals surface area contributed by atoms with Gasteiger partial charge in [0.2, 0.25) is 0 Å². The zero-order chi connectivity index (χ0) is 12.3. The van der Waals surface area contributed by atoms with Crippen molar-refractivity contribution in [3.05, 3.63) is 0 Å². The van der Waals surface area contributed by atoms with E-state index in [9.17, 15) is 9.59 Å². The lowest BCUT2D eigenvalue weighted by Crippen LogP contribution is -2.38. The van der Waals surface area contributed by atoms with Gasteiger partial charge in [0.1, 0.15) is 6.29 Å². The minimum Gasteiger partial charge on any atom is -0.466 e. The quantitative estimate of drug-likeness (QED) is 0.543. The second-order valence-electron chi connectivity index (χ2n) is 4.73. The van der Waals surface area contributed by atoms with Gasteiger partial charge in [-0.05, 0) is 6.42 Å². The maximum absolute atomic E-state index is 11.0. The van der Waals surface area contributed by atoms with Gasteiger partial charge in [0.25, 0.3) is 0 Å². The van der Waals surface area contributed by atoms with E-state index in [0.717, 1.165) is 12.7 Å². The fourth-order valence-corrected chi connectivity index (χ4v) is 2.58. The van der Waals surface area contributed by atoms with Crippen molar-refractivity contribution < 1.29 is 23.8 Å². The number of hydrogen-bond donors (Lipinski definition) is 0. The third-order valence-electron chi connectivity index (χ3n) is 3.42. The molecular formula is C12H18O5. The van der Waals surface area contributed by atoms with E-state index in [2.05, 4.69) is 0 Å². The highest BCUT2D eigenvalue weighted by atomic mass is 16.7. The summed E-state index contributed by atoms with van der Waals surface area (Å²) in [6.07, 6.45) is 3.01. The lowest BCUT2D eigenvalue weighted by molar-refractivity contribution is -0.264. The number of esters is 1. The van der Waals surface area contributed by atoms with Crippen molar-refractivity contribution in [3.8, 4) is 0 Å². The molecule has 1 heterocycles. The summed E-state index contributed by atoms with van der Waals surface area (Å²) in [6.45, 7) is 2.99. The summed E-state index contributed by atoms with van der Waals surface area (Å²) in [4.78, 5) is 21.8. The van der Waals surface area contributed by atoms with Crippen molar-refractivity contribution >= 4 is 12.3 Å². The molecule has 17 heavy (non-hydrogen) atoms. The lowest BCUT2D eigenvalue weighted by atomic mass is 9.99. The molecule has 5 nitrogen and oxygen atoms in total. The summed E-state index contributed by atoms with van der Waals surface area (Å²) in [5, 5.41) is 0. The van der Waals surface area contributed by atoms with Crippen LogP contribution in [0.3, 0.4) is 0 Å². The Labute approximate surface area is 100 Å². The van der Waals surface area contributed by atoms with Gasteiger partial charge in [-0.2, -0.15) is 0 Å². The molecule has 0 aromatic rings. The maximum atomic E-state index is 11.0. The van der Waals surface area contributed by atoms with Crippen molar-refractivity contribution in [1.82, 2.24) is 0 Å². The van der Waals surface area contributed by atoms with Crippen LogP contribution in [0.1, 0.15) is 26.2 Å². The molecule has 1 aliphatic carbocycles. The lowest BCUT2D eigenvalue weighted by Gasteiger charge is -2.33. The molecule has 0 amide bonds. The summed E-state index contributed by atoms with van der Waals surface area (Å²) in [5.41, 5.74) is 0. The predicted molar refractivity (Wildman–Crippen MR) is 58.2 cm³/mol. The van der Waals surface area contributed by atoms with Crippen molar-refractivity contribution in [2.24, 2.45) is 11.8 Å². The second kappa shape index (κ2) is 5.14. The van der Waals surface area contributed by atoms with Gasteiger partial charge in [0.15, 0.2) is 5.79 Å². The first-order chi connectivity index (χ1) is 8.15. The summed E-state index contributed by atoms with van der Waals surface area (Å²) in [5.74, 6) is -1.07. The van der Waals surface area contributed by atoms with E-state index in [4.69, 9.17) is 14.2 Å². The third kappa shape index (κ3) is 2.84. The van der Waals surface area contributed by atoms with Gasteiger partial charge in [-0.1, -0.05) is 0 Å². The largest absolute Gasteiger partial charge is 0.466 e. The minimum absolute atomic E-state index is 0.00880. The van der Waals surface area contributed by atoms with E-state index in [1.165, 1.54) is 6.92 Å². The van der Waals surface area contributed by atoms with Gasteiger partial charge in [-0.25, -0.2) is 0 Å². The van der Waals surface area contributed by atoms with Gasteiger partial charge in [-0.3, -0.25) is 4.79 Å². The Hall–Kier alpha value is -0.940. The zero-order valence-electron chi connectivity index (χ0n) is 10.0. The van der Waals surface area contributed by atoms with Crippen molar-refractivity contribution in [3.63, 3.8) is 0 Å². The summed E-state index contributed by atoms with van der Waals surface area (Å²) < 4.78 is 16.3. The van der Waals surface area contributed by atoms with Gasteiger partial charge >= 0.3 is 5.97 Å². The topological polar surface area (TPSA) is 61.8 Å². The molecule has 1 spiro atoms. The molecule has 0 aromatic heterocycles. The molecule has 2 aliphatic rings. The standard InChI is InChI=1S/C12H18O5/c1-9(14)15-8-11-6-12(5-10(11)7-13)16-3-2-4-17-12/h7,10-11H,2-6,8H2,1H3/t10-,11+/m1/s1. The molecule has 1 saturated carbocycles. The Morgan fingerprint density at radius 3 is 2.71 bits per heavy atom. The minimum atomic E-state index is -0.616. The highest BCUT2D eigenvalue weighted by Crippen LogP contribution is 2.43. The van der Waals surface area contributed by atoms with E-state index >= 15 is 0 Å². The molecule has 96 valence electrons. The Balaban J connectivity index is 1.97.